The van der Waals surface area contributed by atoms with E-state index in [9.17, 15) is 4.79 Å². The molecule has 1 aromatic rings. The van der Waals surface area contributed by atoms with Crippen molar-refractivity contribution < 1.29 is 15.0 Å². The summed E-state index contributed by atoms with van der Waals surface area (Å²) in [5.74, 6) is -0.150. The number of carbonyl (C=O) groups excluding carboxylic acids is 1. The molecule has 2 heterocycles. The molecule has 6 nitrogen and oxygen atoms in total. The van der Waals surface area contributed by atoms with Gasteiger partial charge in [-0.2, -0.15) is 0 Å². The van der Waals surface area contributed by atoms with E-state index in [1.54, 1.807) is 0 Å². The van der Waals surface area contributed by atoms with Crippen molar-refractivity contribution >= 4 is 17.8 Å². The highest BCUT2D eigenvalue weighted by Gasteiger charge is 2.33. The maximum atomic E-state index is 12.8. The number of aliphatic hydroxyl groups excluding tert-OH is 2. The molecule has 2 N–H and O–H groups in total. The van der Waals surface area contributed by atoms with Gasteiger partial charge in [-0.25, -0.2) is 0 Å². The minimum absolute atomic E-state index is 0.0754. The van der Waals surface area contributed by atoms with E-state index in [1.165, 1.54) is 4.90 Å². The van der Waals surface area contributed by atoms with E-state index in [-0.39, 0.29) is 38.3 Å². The smallest absolute Gasteiger partial charge is 0.269 e. The van der Waals surface area contributed by atoms with Gasteiger partial charge in [0.25, 0.3) is 5.91 Å². The lowest BCUT2D eigenvalue weighted by atomic mass is 10.1. The highest BCUT2D eigenvalue weighted by atomic mass is 16.3. The first-order valence-electron chi connectivity index (χ1n) is 7.84. The Morgan fingerprint density at radius 1 is 1.26 bits per heavy atom. The van der Waals surface area contributed by atoms with Gasteiger partial charge in [-0.1, -0.05) is 24.3 Å². The summed E-state index contributed by atoms with van der Waals surface area (Å²) in [5, 5.41) is 18.3. The second-order valence-corrected chi connectivity index (χ2v) is 5.67. The van der Waals surface area contributed by atoms with Crippen molar-refractivity contribution in [1.82, 2.24) is 9.80 Å². The van der Waals surface area contributed by atoms with Crippen LogP contribution in [0.2, 0.25) is 0 Å². The van der Waals surface area contributed by atoms with E-state index >= 15 is 0 Å². The molecule has 3 rings (SSSR count). The highest BCUT2D eigenvalue weighted by molar-refractivity contribution is 5.94. The lowest BCUT2D eigenvalue weighted by Crippen LogP contribution is -2.42. The summed E-state index contributed by atoms with van der Waals surface area (Å²) in [5.41, 5.74) is 2.65. The lowest BCUT2D eigenvalue weighted by Gasteiger charge is -2.29. The number of aliphatic hydroxyl groups is 2. The van der Waals surface area contributed by atoms with E-state index < -0.39 is 0 Å². The number of para-hydroxylation sites is 1. The van der Waals surface area contributed by atoms with E-state index in [0.29, 0.717) is 12.2 Å². The Bertz CT molecular complexity index is 636. The second-order valence-electron chi connectivity index (χ2n) is 5.67. The van der Waals surface area contributed by atoms with E-state index in [2.05, 4.69) is 9.89 Å². The molecule has 0 saturated heterocycles. The van der Waals surface area contributed by atoms with Crippen LogP contribution >= 0.6 is 0 Å². The van der Waals surface area contributed by atoms with Gasteiger partial charge in [0, 0.05) is 25.8 Å². The fourth-order valence-electron chi connectivity index (χ4n) is 3.05. The number of aliphatic imine (C=N–C) groups is 1. The Morgan fingerprint density at radius 2 is 2.00 bits per heavy atom. The van der Waals surface area contributed by atoms with Gasteiger partial charge in [0.1, 0.15) is 0 Å². The molecule has 0 radical (unpaired) electrons. The molecule has 0 saturated carbocycles. The molecule has 1 amide bonds. The summed E-state index contributed by atoms with van der Waals surface area (Å²) in [6.45, 7) is 0.837. The lowest BCUT2D eigenvalue weighted by molar-refractivity contribution is -0.129. The molecule has 23 heavy (non-hydrogen) atoms. The Morgan fingerprint density at radius 3 is 2.74 bits per heavy atom. The topological polar surface area (TPSA) is 76.4 Å². The van der Waals surface area contributed by atoms with Crippen LogP contribution in [0.4, 0.5) is 5.69 Å². The van der Waals surface area contributed by atoms with Gasteiger partial charge >= 0.3 is 0 Å². The average molecular weight is 315 g/mol. The molecule has 0 bridgehead atoms. The Kier molecular flexibility index (Phi) is 4.73. The summed E-state index contributed by atoms with van der Waals surface area (Å²) < 4.78 is 0. The number of hydrogen-bond acceptors (Lipinski definition) is 5. The number of hydrogen-bond donors (Lipinski definition) is 2. The zero-order valence-corrected chi connectivity index (χ0v) is 12.9. The highest BCUT2D eigenvalue weighted by Crippen LogP contribution is 2.31. The van der Waals surface area contributed by atoms with Crippen LogP contribution < -0.4 is 0 Å². The third-order valence-corrected chi connectivity index (χ3v) is 4.23. The first-order valence-corrected chi connectivity index (χ1v) is 7.84. The number of nitrogens with zero attached hydrogens (tertiary/aromatic N) is 3. The van der Waals surface area contributed by atoms with Crippen LogP contribution in [0.3, 0.4) is 0 Å². The van der Waals surface area contributed by atoms with Crippen LogP contribution in [0.25, 0.3) is 0 Å². The van der Waals surface area contributed by atoms with Gasteiger partial charge in [0.2, 0.25) is 0 Å². The Labute approximate surface area is 135 Å². The second kappa shape index (κ2) is 6.93. The normalized spacial score (nSPS) is 19.0. The average Bonchev–Trinajstić information content (AvgIpc) is 2.86. The zero-order chi connectivity index (χ0) is 16.2. The molecular formula is C17H21N3O3. The van der Waals surface area contributed by atoms with Crippen molar-refractivity contribution in [3.05, 3.63) is 41.6 Å². The third-order valence-electron chi connectivity index (χ3n) is 4.23. The zero-order valence-electron chi connectivity index (χ0n) is 12.9. The molecule has 2 aliphatic heterocycles. The van der Waals surface area contributed by atoms with Crippen molar-refractivity contribution in [1.29, 1.82) is 0 Å². The number of fused-ring (bicyclic) bond motifs is 2. The molecule has 0 aliphatic carbocycles. The van der Waals surface area contributed by atoms with Gasteiger partial charge < -0.3 is 20.0 Å². The minimum Gasteiger partial charge on any atom is -0.395 e. The molecular weight excluding hydrogens is 294 g/mol. The van der Waals surface area contributed by atoms with Crippen LogP contribution in [-0.4, -0.2) is 64.5 Å². The molecule has 1 atom stereocenters. The predicted molar refractivity (Wildman–Crippen MR) is 87.4 cm³/mol. The molecule has 2 aliphatic rings. The van der Waals surface area contributed by atoms with Gasteiger partial charge in [0.05, 0.1) is 30.6 Å². The van der Waals surface area contributed by atoms with E-state index in [0.717, 1.165) is 17.7 Å². The minimum atomic E-state index is -0.150. The van der Waals surface area contributed by atoms with Crippen LogP contribution in [0.1, 0.15) is 12.0 Å². The maximum Gasteiger partial charge on any atom is 0.269 e. The molecule has 0 spiro atoms. The van der Waals surface area contributed by atoms with Crippen molar-refractivity contribution in [2.75, 3.05) is 26.3 Å². The fourth-order valence-corrected chi connectivity index (χ4v) is 3.05. The van der Waals surface area contributed by atoms with Gasteiger partial charge in [-0.3, -0.25) is 9.79 Å². The standard InChI is InChI=1S/C17H21N3O3/c21-9-7-19(8-10-22)17(23)16-6-5-14-11-18-15-4-2-1-3-13(15)12-20(14)16/h1-4,6,11,14,21-22H,5,7-10,12H2. The van der Waals surface area contributed by atoms with Gasteiger partial charge in [0.15, 0.2) is 0 Å². The van der Waals surface area contributed by atoms with Crippen molar-refractivity contribution in [2.24, 2.45) is 4.99 Å². The van der Waals surface area contributed by atoms with Gasteiger partial charge in [-0.05, 0) is 18.1 Å². The first kappa shape index (κ1) is 15.7. The SMILES string of the molecule is O=C(C1=CCC2C=Nc3ccccc3CN12)N(CCO)CCO. The van der Waals surface area contributed by atoms with Crippen LogP contribution in [0.5, 0.6) is 0 Å². The first-order chi connectivity index (χ1) is 11.2. The van der Waals surface area contributed by atoms with Crippen molar-refractivity contribution in [3.8, 4) is 0 Å². The van der Waals surface area contributed by atoms with E-state index in [4.69, 9.17) is 10.2 Å². The van der Waals surface area contributed by atoms with Crippen LogP contribution in [0, 0.1) is 0 Å². The fraction of sp³-hybridized carbons (Fsp3) is 0.412. The number of benzene rings is 1. The Balaban J connectivity index is 1.83. The summed E-state index contributed by atoms with van der Waals surface area (Å²) in [7, 11) is 0. The summed E-state index contributed by atoms with van der Waals surface area (Å²) in [6.07, 6.45) is 4.56. The number of rotatable bonds is 5. The molecule has 1 unspecified atom stereocenters. The molecule has 6 heteroatoms. The van der Waals surface area contributed by atoms with Crippen molar-refractivity contribution in [3.63, 3.8) is 0 Å². The summed E-state index contributed by atoms with van der Waals surface area (Å²) in [4.78, 5) is 20.8. The van der Waals surface area contributed by atoms with E-state index in [1.807, 2.05) is 36.6 Å². The molecule has 1 aromatic carbocycles. The summed E-state index contributed by atoms with van der Waals surface area (Å²) >= 11 is 0. The third kappa shape index (κ3) is 3.13. The predicted octanol–water partition coefficient (Wildman–Crippen LogP) is 0.674. The van der Waals surface area contributed by atoms with Crippen LogP contribution in [-0.2, 0) is 11.3 Å². The number of carbonyl (C=O) groups is 1. The number of amides is 1. The quantitative estimate of drug-likeness (QED) is 0.837. The van der Waals surface area contributed by atoms with Crippen LogP contribution in [0.15, 0.2) is 41.0 Å². The van der Waals surface area contributed by atoms with Gasteiger partial charge in [-0.15, -0.1) is 0 Å². The van der Waals surface area contributed by atoms with Crippen molar-refractivity contribution in [2.45, 2.75) is 19.0 Å². The maximum absolute atomic E-state index is 12.8. The molecule has 0 aromatic heterocycles. The molecule has 0 fully saturated rings. The monoisotopic (exact) mass is 315 g/mol. The Hall–Kier alpha value is -2.18. The molecule has 122 valence electrons. The largest absolute Gasteiger partial charge is 0.395 e. The summed E-state index contributed by atoms with van der Waals surface area (Å²) in [6, 6.07) is 8.00.